The number of fused-ring (bicyclic) bond motifs is 1. The van der Waals surface area contributed by atoms with E-state index in [4.69, 9.17) is 11.6 Å². The van der Waals surface area contributed by atoms with Gasteiger partial charge in [-0.15, -0.1) is 0 Å². The molecule has 0 saturated heterocycles. The number of rotatable bonds is 7. The molecule has 1 unspecified atom stereocenters. The number of quaternary nitrogens is 1. The second kappa shape index (κ2) is 9.70. The van der Waals surface area contributed by atoms with Crippen LogP contribution in [-0.2, 0) is 0 Å². The Bertz CT molecular complexity index is 860. The number of benzene rings is 3. The third kappa shape index (κ3) is 5.05. The van der Waals surface area contributed by atoms with Crippen LogP contribution in [0.4, 0.5) is 0 Å². The first-order valence-electron chi connectivity index (χ1n) is 8.41. The average molecular weight is 390 g/mol. The first-order valence-corrected chi connectivity index (χ1v) is 8.79. The van der Waals surface area contributed by atoms with E-state index in [1.54, 1.807) is 12.1 Å². The van der Waals surface area contributed by atoms with Crippen molar-refractivity contribution in [3.05, 3.63) is 82.9 Å². The molecule has 3 aromatic carbocycles. The number of halogens is 2. The number of nitrogens with two attached hydrogens (primary N) is 1. The van der Waals surface area contributed by atoms with Crippen LogP contribution in [0.5, 0.6) is 0 Å². The lowest BCUT2D eigenvalue weighted by Crippen LogP contribution is -3.00. The van der Waals surface area contributed by atoms with Gasteiger partial charge in [0.2, 0.25) is 0 Å². The molecule has 0 saturated carbocycles. The van der Waals surface area contributed by atoms with Crippen LogP contribution in [0.1, 0.15) is 28.4 Å². The predicted octanol–water partition coefficient (Wildman–Crippen LogP) is 0.367. The maximum absolute atomic E-state index is 12.5. The molecule has 0 amide bonds. The first-order chi connectivity index (χ1) is 12.1. The maximum Gasteiger partial charge on any atom is 0.169 e. The van der Waals surface area contributed by atoms with Gasteiger partial charge in [-0.3, -0.25) is 4.79 Å². The first kappa shape index (κ1) is 20.4. The summed E-state index contributed by atoms with van der Waals surface area (Å²) in [6, 6.07) is 20.9. The van der Waals surface area contributed by atoms with Crippen LogP contribution in [0, 0.1) is 0 Å². The summed E-state index contributed by atoms with van der Waals surface area (Å²) in [5.74, 6) is 0.133. The minimum Gasteiger partial charge on any atom is -1.00 e. The van der Waals surface area contributed by atoms with Crippen molar-refractivity contribution in [3.63, 3.8) is 0 Å². The topological polar surface area (TPSA) is 53.9 Å². The van der Waals surface area contributed by atoms with Crippen LogP contribution in [0.25, 0.3) is 10.8 Å². The Balaban J connectivity index is 0.00000243. The van der Waals surface area contributed by atoms with Gasteiger partial charge < -0.3 is 22.8 Å². The molecule has 3 aromatic rings. The van der Waals surface area contributed by atoms with Crippen LogP contribution in [0.3, 0.4) is 0 Å². The van der Waals surface area contributed by atoms with Crippen LogP contribution in [0.15, 0.2) is 66.7 Å². The Morgan fingerprint density at radius 1 is 1.00 bits per heavy atom. The summed E-state index contributed by atoms with van der Waals surface area (Å²) in [6.45, 7) is 1.16. The minimum atomic E-state index is -0.565. The zero-order valence-electron chi connectivity index (χ0n) is 14.2. The van der Waals surface area contributed by atoms with Gasteiger partial charge in [-0.25, -0.2) is 0 Å². The summed E-state index contributed by atoms with van der Waals surface area (Å²) in [6.07, 6.45) is -0.119. The summed E-state index contributed by atoms with van der Waals surface area (Å²) in [4.78, 5) is 12.5. The number of aliphatic hydroxyl groups is 1. The normalized spacial score (nSPS) is 11.8. The fourth-order valence-corrected chi connectivity index (χ4v) is 3.06. The number of carbonyl (C=O) groups excluding carboxylic acids is 1. The van der Waals surface area contributed by atoms with Crippen molar-refractivity contribution in [1.82, 2.24) is 0 Å². The lowest BCUT2D eigenvalue weighted by atomic mass is 10.00. The van der Waals surface area contributed by atoms with Gasteiger partial charge >= 0.3 is 0 Å². The standard InChI is InChI=1S/C21H20ClNO2.ClH/c22-17-10-8-16(9-11-17)21(25)14-23-13-12-20(24)19-7-3-5-15-4-1-2-6-18(15)19;/h1-11,21,23,25H,12-14H2;1H. The molecule has 0 aliphatic carbocycles. The molecule has 3 nitrogen and oxygen atoms in total. The highest BCUT2D eigenvalue weighted by atomic mass is 35.5. The molecule has 0 aliphatic heterocycles. The van der Waals surface area contributed by atoms with E-state index in [9.17, 15) is 9.90 Å². The molecular weight excluding hydrogens is 369 g/mol. The lowest BCUT2D eigenvalue weighted by Gasteiger charge is -2.10. The largest absolute Gasteiger partial charge is 1.00 e. The van der Waals surface area contributed by atoms with Crippen molar-refractivity contribution in [2.45, 2.75) is 12.5 Å². The number of Topliss-reactive ketones (excluding diaryl/α,β-unsaturated/α-hetero) is 1. The SMILES string of the molecule is O=C(CC[NH2+]CC(O)c1ccc(Cl)cc1)c1cccc2ccccc12.[Cl-]. The molecule has 5 heteroatoms. The van der Waals surface area contributed by atoms with Gasteiger partial charge in [-0.1, -0.05) is 66.2 Å². The van der Waals surface area contributed by atoms with E-state index in [1.165, 1.54) is 0 Å². The van der Waals surface area contributed by atoms with Crippen molar-refractivity contribution < 1.29 is 27.6 Å². The van der Waals surface area contributed by atoms with Crippen LogP contribution in [0.2, 0.25) is 5.02 Å². The van der Waals surface area contributed by atoms with Crippen molar-refractivity contribution in [2.75, 3.05) is 13.1 Å². The summed E-state index contributed by atoms with van der Waals surface area (Å²) >= 11 is 5.85. The monoisotopic (exact) mass is 389 g/mol. The molecule has 1 atom stereocenters. The fourth-order valence-electron chi connectivity index (χ4n) is 2.93. The Kier molecular flexibility index (Phi) is 7.61. The Hall–Kier alpha value is -1.91. The van der Waals surface area contributed by atoms with Crippen molar-refractivity contribution in [3.8, 4) is 0 Å². The van der Waals surface area contributed by atoms with Gasteiger partial charge in [0, 0.05) is 10.6 Å². The molecule has 0 bridgehead atoms. The summed E-state index contributed by atoms with van der Waals surface area (Å²) < 4.78 is 0. The van der Waals surface area contributed by atoms with Crippen molar-refractivity contribution in [1.29, 1.82) is 0 Å². The van der Waals surface area contributed by atoms with E-state index in [0.29, 0.717) is 24.5 Å². The Labute approximate surface area is 164 Å². The average Bonchev–Trinajstić information content (AvgIpc) is 2.65. The molecule has 3 rings (SSSR count). The van der Waals surface area contributed by atoms with Gasteiger partial charge in [0.15, 0.2) is 5.78 Å². The number of ketones is 1. The molecule has 0 heterocycles. The van der Waals surface area contributed by atoms with E-state index >= 15 is 0 Å². The van der Waals surface area contributed by atoms with E-state index < -0.39 is 6.10 Å². The second-order valence-electron chi connectivity index (χ2n) is 6.08. The highest BCUT2D eigenvalue weighted by molar-refractivity contribution is 6.30. The van der Waals surface area contributed by atoms with E-state index in [2.05, 4.69) is 0 Å². The fraction of sp³-hybridized carbons (Fsp3) is 0.190. The smallest absolute Gasteiger partial charge is 0.169 e. The quantitative estimate of drug-likeness (QED) is 0.453. The van der Waals surface area contributed by atoms with E-state index in [0.717, 1.165) is 21.9 Å². The molecule has 3 N–H and O–H groups in total. The van der Waals surface area contributed by atoms with Crippen LogP contribution in [-0.4, -0.2) is 24.0 Å². The molecule has 136 valence electrons. The highest BCUT2D eigenvalue weighted by Crippen LogP contribution is 2.19. The van der Waals surface area contributed by atoms with Gasteiger partial charge in [0.05, 0.1) is 13.0 Å². The number of aliphatic hydroxyl groups excluding tert-OH is 1. The summed E-state index contributed by atoms with van der Waals surface area (Å²) in [5, 5.41) is 14.9. The zero-order valence-corrected chi connectivity index (χ0v) is 15.8. The molecule has 26 heavy (non-hydrogen) atoms. The molecule has 0 radical (unpaired) electrons. The van der Waals surface area contributed by atoms with E-state index in [1.807, 2.05) is 59.9 Å². The summed E-state index contributed by atoms with van der Waals surface area (Å²) in [5.41, 5.74) is 1.60. The maximum atomic E-state index is 12.5. The van der Waals surface area contributed by atoms with Gasteiger partial charge in [-0.2, -0.15) is 0 Å². The summed E-state index contributed by atoms with van der Waals surface area (Å²) in [7, 11) is 0. The van der Waals surface area contributed by atoms with Gasteiger partial charge in [0.1, 0.15) is 12.6 Å². The number of hydrogen-bond acceptors (Lipinski definition) is 2. The third-order valence-corrected chi connectivity index (χ3v) is 4.56. The van der Waals surface area contributed by atoms with Crippen molar-refractivity contribution >= 4 is 28.2 Å². The lowest BCUT2D eigenvalue weighted by molar-refractivity contribution is -0.660. The van der Waals surface area contributed by atoms with Gasteiger partial charge in [0.25, 0.3) is 0 Å². The Morgan fingerprint density at radius 2 is 1.69 bits per heavy atom. The molecule has 0 fully saturated rings. The van der Waals surface area contributed by atoms with Gasteiger partial charge in [-0.05, 0) is 28.5 Å². The number of carbonyl (C=O) groups is 1. The predicted molar refractivity (Wildman–Crippen MR) is 101 cm³/mol. The highest BCUT2D eigenvalue weighted by Gasteiger charge is 2.12. The molecule has 0 spiro atoms. The minimum absolute atomic E-state index is 0. The second-order valence-corrected chi connectivity index (χ2v) is 6.52. The number of hydrogen-bond donors (Lipinski definition) is 2. The molecular formula is C21H21Cl2NO2. The van der Waals surface area contributed by atoms with Crippen LogP contribution >= 0.6 is 11.6 Å². The molecule has 0 aromatic heterocycles. The molecule has 0 aliphatic rings. The Morgan fingerprint density at radius 3 is 2.46 bits per heavy atom. The van der Waals surface area contributed by atoms with Crippen LogP contribution < -0.4 is 17.7 Å². The zero-order chi connectivity index (χ0) is 17.6. The van der Waals surface area contributed by atoms with E-state index in [-0.39, 0.29) is 18.2 Å². The van der Waals surface area contributed by atoms with Crippen molar-refractivity contribution in [2.24, 2.45) is 0 Å². The third-order valence-electron chi connectivity index (χ3n) is 4.31.